The van der Waals surface area contributed by atoms with Gasteiger partial charge in [-0.05, 0) is 30.8 Å². The molecule has 17 heavy (non-hydrogen) atoms. The SMILES string of the molecule is CCN(CC)CC(Cl)c1ccc2c(c1)OCO2. The second kappa shape index (κ2) is 5.61. The molecule has 1 unspecified atom stereocenters. The molecule has 1 atom stereocenters. The second-order valence-corrected chi connectivity index (χ2v) is 4.59. The molecule has 0 fully saturated rings. The van der Waals surface area contributed by atoms with Crippen molar-refractivity contribution in [1.82, 2.24) is 4.90 Å². The summed E-state index contributed by atoms with van der Waals surface area (Å²) in [5.41, 5.74) is 1.09. The summed E-state index contributed by atoms with van der Waals surface area (Å²) >= 11 is 6.42. The van der Waals surface area contributed by atoms with E-state index in [9.17, 15) is 0 Å². The number of nitrogens with zero attached hydrogens (tertiary/aromatic N) is 1. The van der Waals surface area contributed by atoms with Crippen molar-refractivity contribution in [1.29, 1.82) is 0 Å². The predicted molar refractivity (Wildman–Crippen MR) is 68.9 cm³/mol. The third kappa shape index (κ3) is 2.85. The predicted octanol–water partition coefficient (Wildman–Crippen LogP) is 3.04. The van der Waals surface area contributed by atoms with Gasteiger partial charge < -0.3 is 14.4 Å². The molecule has 0 saturated carbocycles. The van der Waals surface area contributed by atoms with Crippen molar-refractivity contribution in [2.75, 3.05) is 26.4 Å². The van der Waals surface area contributed by atoms with Crippen molar-refractivity contribution in [3.05, 3.63) is 23.8 Å². The van der Waals surface area contributed by atoms with Gasteiger partial charge in [-0.3, -0.25) is 0 Å². The highest BCUT2D eigenvalue weighted by Gasteiger charge is 2.17. The molecule has 0 spiro atoms. The number of alkyl halides is 1. The maximum Gasteiger partial charge on any atom is 0.231 e. The van der Waals surface area contributed by atoms with E-state index < -0.39 is 0 Å². The van der Waals surface area contributed by atoms with Gasteiger partial charge in [0.15, 0.2) is 11.5 Å². The summed E-state index contributed by atoms with van der Waals surface area (Å²) in [7, 11) is 0. The molecule has 3 nitrogen and oxygen atoms in total. The van der Waals surface area contributed by atoms with Crippen LogP contribution in [0.3, 0.4) is 0 Å². The molecule has 0 aromatic heterocycles. The van der Waals surface area contributed by atoms with E-state index in [4.69, 9.17) is 21.1 Å². The second-order valence-electron chi connectivity index (χ2n) is 4.07. The number of ether oxygens (including phenoxy) is 2. The zero-order valence-corrected chi connectivity index (χ0v) is 11.0. The van der Waals surface area contributed by atoms with Crippen LogP contribution in [-0.4, -0.2) is 31.3 Å². The Labute approximate surface area is 107 Å². The minimum atomic E-state index is -0.00981. The normalized spacial score (nSPS) is 15.3. The van der Waals surface area contributed by atoms with Crippen molar-refractivity contribution >= 4 is 11.6 Å². The third-order valence-corrected chi connectivity index (χ3v) is 3.46. The Morgan fingerprint density at radius 3 is 2.65 bits per heavy atom. The molecule has 0 N–H and O–H groups in total. The minimum absolute atomic E-state index is 0.00981. The van der Waals surface area contributed by atoms with E-state index in [-0.39, 0.29) is 5.38 Å². The Morgan fingerprint density at radius 1 is 1.24 bits per heavy atom. The van der Waals surface area contributed by atoms with Crippen LogP contribution < -0.4 is 9.47 Å². The average Bonchev–Trinajstić information content (AvgIpc) is 2.82. The van der Waals surface area contributed by atoms with Crippen LogP contribution in [0.15, 0.2) is 18.2 Å². The molecular weight excluding hydrogens is 238 g/mol. The first kappa shape index (κ1) is 12.5. The molecule has 1 aliphatic rings. The first-order valence-electron chi connectivity index (χ1n) is 6.00. The van der Waals surface area contributed by atoms with Gasteiger partial charge >= 0.3 is 0 Å². The van der Waals surface area contributed by atoms with Crippen LogP contribution >= 0.6 is 11.6 Å². The summed E-state index contributed by atoms with van der Waals surface area (Å²) in [5, 5.41) is -0.00981. The highest BCUT2D eigenvalue weighted by molar-refractivity contribution is 6.21. The smallest absolute Gasteiger partial charge is 0.231 e. The summed E-state index contributed by atoms with van der Waals surface area (Å²) in [6.45, 7) is 7.49. The Morgan fingerprint density at radius 2 is 1.94 bits per heavy atom. The summed E-state index contributed by atoms with van der Waals surface area (Å²) in [6, 6.07) is 5.91. The third-order valence-electron chi connectivity index (χ3n) is 3.07. The minimum Gasteiger partial charge on any atom is -0.454 e. The highest BCUT2D eigenvalue weighted by atomic mass is 35.5. The topological polar surface area (TPSA) is 21.7 Å². The molecule has 0 amide bonds. The van der Waals surface area contributed by atoms with Gasteiger partial charge in [-0.2, -0.15) is 0 Å². The number of hydrogen-bond donors (Lipinski definition) is 0. The van der Waals surface area contributed by atoms with Gasteiger partial charge in [0.25, 0.3) is 0 Å². The van der Waals surface area contributed by atoms with Crippen LogP contribution in [0.1, 0.15) is 24.8 Å². The Bertz CT molecular complexity index is 380. The maximum absolute atomic E-state index is 6.42. The molecule has 1 aliphatic heterocycles. The van der Waals surface area contributed by atoms with Crippen molar-refractivity contribution in [3.8, 4) is 11.5 Å². The molecule has 0 aliphatic carbocycles. The zero-order valence-electron chi connectivity index (χ0n) is 10.3. The fourth-order valence-corrected chi connectivity index (χ4v) is 2.25. The average molecular weight is 256 g/mol. The van der Waals surface area contributed by atoms with Gasteiger partial charge in [0.1, 0.15) is 0 Å². The fraction of sp³-hybridized carbons (Fsp3) is 0.538. The van der Waals surface area contributed by atoms with Gasteiger partial charge in [-0.15, -0.1) is 11.6 Å². The standard InChI is InChI=1S/C13H18ClNO2/c1-3-15(4-2)8-11(14)10-5-6-12-13(7-10)17-9-16-12/h5-7,11H,3-4,8-9H2,1-2H3. The van der Waals surface area contributed by atoms with E-state index in [1.54, 1.807) is 0 Å². The Kier molecular flexibility index (Phi) is 4.13. The molecular formula is C13H18ClNO2. The van der Waals surface area contributed by atoms with E-state index in [1.807, 2.05) is 18.2 Å². The van der Waals surface area contributed by atoms with Crippen molar-refractivity contribution in [2.45, 2.75) is 19.2 Å². The quantitative estimate of drug-likeness (QED) is 0.755. The van der Waals surface area contributed by atoms with E-state index in [0.29, 0.717) is 6.79 Å². The molecule has 0 bridgehead atoms. The van der Waals surface area contributed by atoms with Crippen molar-refractivity contribution in [2.24, 2.45) is 0 Å². The Hall–Kier alpha value is -0.930. The molecule has 0 saturated heterocycles. The summed E-state index contributed by atoms with van der Waals surface area (Å²) in [4.78, 5) is 2.31. The van der Waals surface area contributed by atoms with Crippen LogP contribution in [0, 0.1) is 0 Å². The zero-order chi connectivity index (χ0) is 12.3. The number of rotatable bonds is 5. The lowest BCUT2D eigenvalue weighted by Gasteiger charge is -2.21. The molecule has 2 rings (SSSR count). The molecule has 4 heteroatoms. The number of likely N-dealkylation sites (N-methyl/N-ethyl adjacent to an activating group) is 1. The largest absolute Gasteiger partial charge is 0.454 e. The van der Waals surface area contributed by atoms with Gasteiger partial charge in [0.2, 0.25) is 6.79 Å². The highest BCUT2D eigenvalue weighted by Crippen LogP contribution is 2.35. The van der Waals surface area contributed by atoms with Crippen LogP contribution in [0.5, 0.6) is 11.5 Å². The molecule has 1 aromatic carbocycles. The van der Waals surface area contributed by atoms with Crippen molar-refractivity contribution < 1.29 is 9.47 Å². The number of benzene rings is 1. The molecule has 0 radical (unpaired) electrons. The Balaban J connectivity index is 2.06. The monoisotopic (exact) mass is 255 g/mol. The van der Waals surface area contributed by atoms with Crippen LogP contribution in [0.4, 0.5) is 0 Å². The fourth-order valence-electron chi connectivity index (χ4n) is 1.92. The summed E-state index contributed by atoms with van der Waals surface area (Å²) < 4.78 is 10.6. The lowest BCUT2D eigenvalue weighted by atomic mass is 10.1. The molecule has 94 valence electrons. The summed E-state index contributed by atoms with van der Waals surface area (Å²) in [6.07, 6.45) is 0. The molecule has 1 heterocycles. The van der Waals surface area contributed by atoms with Crippen LogP contribution in [0.2, 0.25) is 0 Å². The number of fused-ring (bicyclic) bond motifs is 1. The van der Waals surface area contributed by atoms with Gasteiger partial charge in [-0.25, -0.2) is 0 Å². The number of halogens is 1. The van der Waals surface area contributed by atoms with E-state index in [1.165, 1.54) is 0 Å². The lowest BCUT2D eigenvalue weighted by Crippen LogP contribution is -2.26. The van der Waals surface area contributed by atoms with Gasteiger partial charge in [-0.1, -0.05) is 19.9 Å². The lowest BCUT2D eigenvalue weighted by molar-refractivity contribution is 0.174. The van der Waals surface area contributed by atoms with Crippen molar-refractivity contribution in [3.63, 3.8) is 0 Å². The molecule has 1 aromatic rings. The van der Waals surface area contributed by atoms with E-state index in [2.05, 4.69) is 18.7 Å². The van der Waals surface area contributed by atoms with E-state index >= 15 is 0 Å². The van der Waals surface area contributed by atoms with E-state index in [0.717, 1.165) is 36.7 Å². The first-order valence-corrected chi connectivity index (χ1v) is 6.44. The van der Waals surface area contributed by atoms with Gasteiger partial charge in [0, 0.05) is 6.54 Å². The van der Waals surface area contributed by atoms with Crippen LogP contribution in [-0.2, 0) is 0 Å². The van der Waals surface area contributed by atoms with Crippen LogP contribution in [0.25, 0.3) is 0 Å². The number of hydrogen-bond acceptors (Lipinski definition) is 3. The van der Waals surface area contributed by atoms with Gasteiger partial charge in [0.05, 0.1) is 5.38 Å². The first-order chi connectivity index (χ1) is 8.24. The maximum atomic E-state index is 6.42. The summed E-state index contributed by atoms with van der Waals surface area (Å²) in [5.74, 6) is 1.60.